The molecule has 0 unspecified atom stereocenters. The van der Waals surface area contributed by atoms with E-state index < -0.39 is 5.54 Å². The Hall–Kier alpha value is -0.720. The third-order valence-electron chi connectivity index (χ3n) is 4.57. The van der Waals surface area contributed by atoms with Crippen LogP contribution in [0.4, 0.5) is 5.69 Å². The van der Waals surface area contributed by atoms with Gasteiger partial charge in [0.25, 0.3) is 0 Å². The Morgan fingerprint density at radius 2 is 1.67 bits per heavy atom. The van der Waals surface area contributed by atoms with Crippen molar-refractivity contribution in [2.24, 2.45) is 5.73 Å². The number of rotatable bonds is 2. The van der Waals surface area contributed by atoms with Gasteiger partial charge in [-0.25, -0.2) is 0 Å². The number of hydrogen-bond acceptors (Lipinski definition) is 4. The molecule has 0 aromatic heterocycles. The number of nitrogens with zero attached hydrogens (tertiary/aromatic N) is 2. The van der Waals surface area contributed by atoms with E-state index in [1.807, 2.05) is 29.2 Å². The van der Waals surface area contributed by atoms with Crippen LogP contribution in [-0.4, -0.2) is 55.7 Å². The van der Waals surface area contributed by atoms with Crippen LogP contribution in [0.1, 0.15) is 12.8 Å². The van der Waals surface area contributed by atoms with Gasteiger partial charge in [0, 0.05) is 39.4 Å². The van der Waals surface area contributed by atoms with Gasteiger partial charge in [-0.3, -0.25) is 4.79 Å². The third-order valence-corrected chi connectivity index (χ3v) is 4.89. The summed E-state index contributed by atoms with van der Waals surface area (Å²) in [4.78, 5) is 16.8. The molecular formula is C16H24Cl3N3O2. The average Bonchev–Trinajstić information content (AvgIpc) is 2.55. The SMILES string of the molecule is Cl.Cl.NC1(C(=O)N2CCN(c3ccccc3Cl)CC2)CCOCC1. The van der Waals surface area contributed by atoms with E-state index >= 15 is 0 Å². The minimum atomic E-state index is -0.745. The van der Waals surface area contributed by atoms with Gasteiger partial charge in [-0.2, -0.15) is 0 Å². The van der Waals surface area contributed by atoms with Crippen molar-refractivity contribution in [1.82, 2.24) is 4.90 Å². The fraction of sp³-hybridized carbons (Fsp3) is 0.562. The molecule has 136 valence electrons. The zero-order chi connectivity index (χ0) is 15.6. The van der Waals surface area contributed by atoms with Crippen LogP contribution in [-0.2, 0) is 9.53 Å². The van der Waals surface area contributed by atoms with Crippen molar-refractivity contribution in [2.75, 3.05) is 44.3 Å². The van der Waals surface area contributed by atoms with E-state index in [0.29, 0.717) is 39.1 Å². The van der Waals surface area contributed by atoms with Crippen LogP contribution in [0.3, 0.4) is 0 Å². The number of halogens is 3. The summed E-state index contributed by atoms with van der Waals surface area (Å²) in [5.41, 5.74) is 6.58. The van der Waals surface area contributed by atoms with Gasteiger partial charge >= 0.3 is 0 Å². The summed E-state index contributed by atoms with van der Waals surface area (Å²) in [6, 6.07) is 7.82. The van der Waals surface area contributed by atoms with Crippen LogP contribution in [0.2, 0.25) is 5.02 Å². The standard InChI is InChI=1S/C16H22ClN3O2.2ClH/c17-13-3-1-2-4-14(13)19-7-9-20(10-8-19)15(21)16(18)5-11-22-12-6-16;;/h1-4H,5-12,18H2;2*1H. The molecule has 2 aliphatic heterocycles. The number of carbonyl (C=O) groups excluding carboxylic acids is 1. The number of anilines is 1. The van der Waals surface area contributed by atoms with E-state index in [1.165, 1.54) is 0 Å². The van der Waals surface area contributed by atoms with Crippen molar-refractivity contribution in [3.63, 3.8) is 0 Å². The molecule has 8 heteroatoms. The first-order chi connectivity index (χ1) is 10.6. The van der Waals surface area contributed by atoms with E-state index in [2.05, 4.69) is 4.90 Å². The highest BCUT2D eigenvalue weighted by atomic mass is 35.5. The number of amides is 1. The second-order valence-electron chi connectivity index (χ2n) is 6.00. The largest absolute Gasteiger partial charge is 0.381 e. The Bertz CT molecular complexity index is 545. The lowest BCUT2D eigenvalue weighted by molar-refractivity contribution is -0.140. The molecule has 0 atom stereocenters. The maximum absolute atomic E-state index is 12.7. The Kier molecular flexibility index (Phi) is 8.09. The lowest BCUT2D eigenvalue weighted by Crippen LogP contribution is -2.61. The molecule has 1 amide bonds. The molecule has 2 heterocycles. The van der Waals surface area contributed by atoms with Gasteiger partial charge in [0.15, 0.2) is 0 Å². The molecule has 3 rings (SSSR count). The normalized spacial score (nSPS) is 19.9. The second kappa shape index (κ2) is 9.11. The van der Waals surface area contributed by atoms with Crippen molar-refractivity contribution in [3.05, 3.63) is 29.3 Å². The highest BCUT2D eigenvalue weighted by molar-refractivity contribution is 6.33. The van der Waals surface area contributed by atoms with Crippen molar-refractivity contribution < 1.29 is 9.53 Å². The first-order valence-electron chi connectivity index (χ1n) is 7.76. The number of piperazine rings is 1. The van der Waals surface area contributed by atoms with E-state index in [9.17, 15) is 4.79 Å². The Morgan fingerprint density at radius 1 is 1.08 bits per heavy atom. The monoisotopic (exact) mass is 395 g/mol. The van der Waals surface area contributed by atoms with Crippen molar-refractivity contribution in [1.29, 1.82) is 0 Å². The van der Waals surface area contributed by atoms with Gasteiger partial charge in [-0.05, 0) is 25.0 Å². The molecular weight excluding hydrogens is 373 g/mol. The molecule has 24 heavy (non-hydrogen) atoms. The van der Waals surface area contributed by atoms with E-state index in [-0.39, 0.29) is 30.7 Å². The predicted molar refractivity (Wildman–Crippen MR) is 102 cm³/mol. The fourth-order valence-corrected chi connectivity index (χ4v) is 3.38. The maximum atomic E-state index is 12.7. The maximum Gasteiger partial charge on any atom is 0.242 e. The Morgan fingerprint density at radius 3 is 2.25 bits per heavy atom. The lowest BCUT2D eigenvalue weighted by atomic mass is 9.89. The van der Waals surface area contributed by atoms with Crippen molar-refractivity contribution >= 4 is 48.0 Å². The second-order valence-corrected chi connectivity index (χ2v) is 6.41. The van der Waals surface area contributed by atoms with Crippen LogP contribution in [0, 0.1) is 0 Å². The van der Waals surface area contributed by atoms with Crippen molar-refractivity contribution in [2.45, 2.75) is 18.4 Å². The summed E-state index contributed by atoms with van der Waals surface area (Å²) >= 11 is 6.24. The zero-order valence-corrected chi connectivity index (χ0v) is 15.8. The quantitative estimate of drug-likeness (QED) is 0.833. The summed E-state index contributed by atoms with van der Waals surface area (Å²) in [5, 5.41) is 0.752. The Balaban J connectivity index is 0.00000144. The summed E-state index contributed by atoms with van der Waals surface area (Å²) in [6.45, 7) is 4.07. The summed E-state index contributed by atoms with van der Waals surface area (Å²) in [6.07, 6.45) is 1.22. The van der Waals surface area contributed by atoms with Gasteiger partial charge < -0.3 is 20.3 Å². The first-order valence-corrected chi connectivity index (χ1v) is 8.13. The number of benzene rings is 1. The van der Waals surface area contributed by atoms with E-state index in [1.54, 1.807) is 0 Å². The average molecular weight is 397 g/mol. The number of carbonyl (C=O) groups is 1. The minimum Gasteiger partial charge on any atom is -0.381 e. The van der Waals surface area contributed by atoms with Crippen LogP contribution in [0.5, 0.6) is 0 Å². The number of ether oxygens (including phenoxy) is 1. The van der Waals surface area contributed by atoms with Gasteiger partial charge in [-0.1, -0.05) is 23.7 Å². The van der Waals surface area contributed by atoms with Gasteiger partial charge in [0.2, 0.25) is 5.91 Å². The van der Waals surface area contributed by atoms with Crippen LogP contribution < -0.4 is 10.6 Å². The molecule has 0 saturated carbocycles. The molecule has 1 aromatic carbocycles. The first kappa shape index (κ1) is 21.3. The predicted octanol–water partition coefficient (Wildman–Crippen LogP) is 2.34. The number of hydrogen-bond donors (Lipinski definition) is 1. The molecule has 0 bridgehead atoms. The molecule has 2 fully saturated rings. The topological polar surface area (TPSA) is 58.8 Å². The van der Waals surface area contributed by atoms with Crippen LogP contribution in [0.25, 0.3) is 0 Å². The molecule has 0 aliphatic carbocycles. The smallest absolute Gasteiger partial charge is 0.242 e. The molecule has 2 saturated heterocycles. The number of para-hydroxylation sites is 1. The lowest BCUT2D eigenvalue weighted by Gasteiger charge is -2.41. The summed E-state index contributed by atoms with van der Waals surface area (Å²) in [5.74, 6) is 0.0645. The molecule has 0 radical (unpaired) electrons. The Labute approximate surface area is 160 Å². The van der Waals surface area contributed by atoms with Crippen LogP contribution in [0.15, 0.2) is 24.3 Å². The van der Waals surface area contributed by atoms with Crippen molar-refractivity contribution in [3.8, 4) is 0 Å². The third kappa shape index (κ3) is 4.46. The minimum absolute atomic E-state index is 0. The highest BCUT2D eigenvalue weighted by Crippen LogP contribution is 2.27. The van der Waals surface area contributed by atoms with E-state index in [4.69, 9.17) is 22.1 Å². The van der Waals surface area contributed by atoms with Gasteiger partial charge in [0.05, 0.1) is 16.2 Å². The summed E-state index contributed by atoms with van der Waals surface area (Å²) < 4.78 is 5.32. The fourth-order valence-electron chi connectivity index (χ4n) is 3.12. The van der Waals surface area contributed by atoms with Gasteiger partial charge in [0.1, 0.15) is 0 Å². The molecule has 1 aromatic rings. The molecule has 2 aliphatic rings. The number of nitrogens with two attached hydrogens (primary N) is 1. The zero-order valence-electron chi connectivity index (χ0n) is 13.4. The van der Waals surface area contributed by atoms with E-state index in [0.717, 1.165) is 23.8 Å². The van der Waals surface area contributed by atoms with Gasteiger partial charge in [-0.15, -0.1) is 24.8 Å². The molecule has 2 N–H and O–H groups in total. The van der Waals surface area contributed by atoms with Crippen LogP contribution >= 0.6 is 36.4 Å². The molecule has 0 spiro atoms. The summed E-state index contributed by atoms with van der Waals surface area (Å²) in [7, 11) is 0. The highest BCUT2D eigenvalue weighted by Gasteiger charge is 2.39. The molecule has 5 nitrogen and oxygen atoms in total.